The molecule has 0 aliphatic carbocycles. The summed E-state index contributed by atoms with van der Waals surface area (Å²) in [4.78, 5) is 13.3. The van der Waals surface area contributed by atoms with Crippen molar-refractivity contribution >= 4 is 11.6 Å². The molecule has 0 N–H and O–H groups in total. The Morgan fingerprint density at radius 2 is 1.82 bits per heavy atom. The van der Waals surface area contributed by atoms with Crippen LogP contribution in [-0.4, -0.2) is 5.91 Å². The number of rotatable bonds is 2. The molecule has 0 bridgehead atoms. The monoisotopic (exact) mass is 306 g/mol. The van der Waals surface area contributed by atoms with Crippen LogP contribution in [0.1, 0.15) is 11.1 Å². The van der Waals surface area contributed by atoms with Crippen LogP contribution in [0.15, 0.2) is 48.5 Å². The zero-order chi connectivity index (χ0) is 15.7. The summed E-state index contributed by atoms with van der Waals surface area (Å²) >= 11 is 0. The first-order valence-corrected chi connectivity index (χ1v) is 6.52. The molecule has 6 heteroatoms. The van der Waals surface area contributed by atoms with Crippen LogP contribution in [0.2, 0.25) is 0 Å². The van der Waals surface area contributed by atoms with Gasteiger partial charge in [0.1, 0.15) is 5.75 Å². The molecule has 0 unspecified atom stereocenters. The van der Waals surface area contributed by atoms with Crippen LogP contribution in [0.25, 0.3) is 0 Å². The topological polar surface area (TPSA) is 29.5 Å². The molecule has 2 aromatic rings. The summed E-state index contributed by atoms with van der Waals surface area (Å²) in [5.41, 5.74) is 0.198. The van der Waals surface area contributed by atoms with E-state index in [4.69, 9.17) is 4.74 Å². The SMILES string of the molecule is O=C1[CH]Oc2ccccc2N1Cc1cccc(C(F)(F)F)c1. The highest BCUT2D eigenvalue weighted by Crippen LogP contribution is 2.34. The van der Waals surface area contributed by atoms with E-state index in [1.54, 1.807) is 30.3 Å². The van der Waals surface area contributed by atoms with Crippen LogP contribution in [0.4, 0.5) is 18.9 Å². The molecular weight excluding hydrogens is 295 g/mol. The number of fused-ring (bicyclic) bond motifs is 1. The van der Waals surface area contributed by atoms with Gasteiger partial charge in [-0.3, -0.25) is 4.79 Å². The number of alkyl halides is 3. The van der Waals surface area contributed by atoms with Crippen LogP contribution in [0.3, 0.4) is 0 Å². The van der Waals surface area contributed by atoms with Gasteiger partial charge >= 0.3 is 6.18 Å². The molecule has 0 spiro atoms. The number of ether oxygens (including phenoxy) is 1. The molecule has 1 aliphatic heterocycles. The Morgan fingerprint density at radius 3 is 2.59 bits per heavy atom. The third kappa shape index (κ3) is 2.77. The molecule has 0 atom stereocenters. The fourth-order valence-electron chi connectivity index (χ4n) is 2.27. The minimum atomic E-state index is -4.41. The van der Waals surface area contributed by atoms with E-state index in [0.29, 0.717) is 17.0 Å². The average molecular weight is 306 g/mol. The van der Waals surface area contributed by atoms with Crippen molar-refractivity contribution in [2.24, 2.45) is 0 Å². The van der Waals surface area contributed by atoms with E-state index in [2.05, 4.69) is 0 Å². The molecule has 0 saturated heterocycles. The van der Waals surface area contributed by atoms with Crippen LogP contribution in [0, 0.1) is 6.61 Å². The second-order valence-corrected chi connectivity index (χ2v) is 4.83. The van der Waals surface area contributed by atoms with Gasteiger partial charge in [-0.25, -0.2) is 0 Å². The highest BCUT2D eigenvalue weighted by atomic mass is 19.4. The van der Waals surface area contributed by atoms with E-state index >= 15 is 0 Å². The maximum atomic E-state index is 12.8. The molecule has 0 saturated carbocycles. The number of amides is 1. The van der Waals surface area contributed by atoms with Gasteiger partial charge in [-0.1, -0.05) is 24.3 Å². The van der Waals surface area contributed by atoms with Crippen molar-refractivity contribution in [3.8, 4) is 5.75 Å². The number of hydrogen-bond acceptors (Lipinski definition) is 2. The number of carbonyl (C=O) groups excluding carboxylic acids is 1. The van der Waals surface area contributed by atoms with Crippen molar-refractivity contribution in [2.45, 2.75) is 12.7 Å². The lowest BCUT2D eigenvalue weighted by Crippen LogP contribution is -2.35. The van der Waals surface area contributed by atoms with Crippen LogP contribution in [0.5, 0.6) is 5.75 Å². The van der Waals surface area contributed by atoms with Gasteiger partial charge in [0.25, 0.3) is 5.91 Å². The number of hydrogen-bond donors (Lipinski definition) is 0. The highest BCUT2D eigenvalue weighted by molar-refractivity contribution is 6.01. The number of para-hydroxylation sites is 2. The minimum Gasteiger partial charge on any atom is -0.474 e. The molecule has 0 fully saturated rings. The molecule has 0 aromatic heterocycles. The Bertz CT molecular complexity index is 713. The number of halogens is 3. The first-order chi connectivity index (χ1) is 10.4. The normalized spacial score (nSPS) is 14.5. The predicted octanol–water partition coefficient (Wildman–Crippen LogP) is 3.79. The maximum absolute atomic E-state index is 12.8. The molecular formula is C16H11F3NO2. The molecule has 1 aliphatic rings. The standard InChI is InChI=1S/C16H11F3NO2/c17-16(18,19)12-5-3-4-11(8-12)9-20-13-6-1-2-7-14(13)22-10-15(20)21/h1-8,10H,9H2. The summed E-state index contributed by atoms with van der Waals surface area (Å²) in [5.74, 6) is 0.0881. The van der Waals surface area contributed by atoms with Crippen molar-refractivity contribution in [3.63, 3.8) is 0 Å². The van der Waals surface area contributed by atoms with Crippen LogP contribution >= 0.6 is 0 Å². The Morgan fingerprint density at radius 1 is 1.05 bits per heavy atom. The maximum Gasteiger partial charge on any atom is 0.416 e. The molecule has 2 aromatic carbocycles. The number of benzene rings is 2. The summed E-state index contributed by atoms with van der Waals surface area (Å²) in [6.45, 7) is 1.09. The van der Waals surface area contributed by atoms with E-state index in [0.717, 1.165) is 18.7 Å². The smallest absolute Gasteiger partial charge is 0.416 e. The van der Waals surface area contributed by atoms with Gasteiger partial charge in [0.05, 0.1) is 17.8 Å². The van der Waals surface area contributed by atoms with Gasteiger partial charge in [-0.2, -0.15) is 13.2 Å². The van der Waals surface area contributed by atoms with Crippen molar-refractivity contribution < 1.29 is 22.7 Å². The second kappa shape index (κ2) is 5.36. The summed E-state index contributed by atoms with van der Waals surface area (Å²) < 4.78 is 43.5. The van der Waals surface area contributed by atoms with Crippen LogP contribution < -0.4 is 9.64 Å². The van der Waals surface area contributed by atoms with Gasteiger partial charge in [0.15, 0.2) is 0 Å². The largest absolute Gasteiger partial charge is 0.474 e. The number of anilines is 1. The Labute approximate surface area is 124 Å². The molecule has 3 nitrogen and oxygen atoms in total. The fourth-order valence-corrected chi connectivity index (χ4v) is 2.27. The van der Waals surface area contributed by atoms with Crippen molar-refractivity contribution in [1.29, 1.82) is 0 Å². The summed E-state index contributed by atoms with van der Waals surface area (Å²) in [5, 5.41) is 0. The third-order valence-electron chi connectivity index (χ3n) is 3.30. The first kappa shape index (κ1) is 14.4. The molecule has 113 valence electrons. The fraction of sp³-hybridized carbons (Fsp3) is 0.125. The summed E-state index contributed by atoms with van der Waals surface area (Å²) in [6.07, 6.45) is -4.41. The predicted molar refractivity (Wildman–Crippen MR) is 74.0 cm³/mol. The van der Waals surface area contributed by atoms with Crippen molar-refractivity contribution in [3.05, 3.63) is 66.3 Å². The Balaban J connectivity index is 1.92. The van der Waals surface area contributed by atoms with Gasteiger partial charge in [-0.15, -0.1) is 0 Å². The lowest BCUT2D eigenvalue weighted by Gasteiger charge is -2.29. The number of carbonyl (C=O) groups is 1. The Hall–Kier alpha value is -2.50. The summed E-state index contributed by atoms with van der Waals surface area (Å²) in [7, 11) is 0. The van der Waals surface area contributed by atoms with Crippen LogP contribution in [-0.2, 0) is 17.5 Å². The van der Waals surface area contributed by atoms with E-state index in [1.807, 2.05) is 0 Å². The van der Waals surface area contributed by atoms with Gasteiger partial charge in [-0.05, 0) is 29.8 Å². The minimum absolute atomic E-state index is 0.0413. The number of nitrogens with zero attached hydrogens (tertiary/aromatic N) is 1. The van der Waals surface area contributed by atoms with Crippen molar-refractivity contribution in [1.82, 2.24) is 0 Å². The third-order valence-corrected chi connectivity index (χ3v) is 3.30. The lowest BCUT2D eigenvalue weighted by molar-refractivity contribution is -0.137. The van der Waals surface area contributed by atoms with Gasteiger partial charge in [0.2, 0.25) is 6.61 Å². The van der Waals surface area contributed by atoms with E-state index in [-0.39, 0.29) is 6.54 Å². The van der Waals surface area contributed by atoms with E-state index in [9.17, 15) is 18.0 Å². The molecule has 3 rings (SSSR count). The highest BCUT2D eigenvalue weighted by Gasteiger charge is 2.31. The van der Waals surface area contributed by atoms with E-state index in [1.165, 1.54) is 11.0 Å². The van der Waals surface area contributed by atoms with Gasteiger partial charge in [0, 0.05) is 0 Å². The molecule has 1 amide bonds. The first-order valence-electron chi connectivity index (χ1n) is 6.52. The van der Waals surface area contributed by atoms with Gasteiger partial charge < -0.3 is 9.64 Å². The summed E-state index contributed by atoms with van der Waals surface area (Å²) in [6, 6.07) is 11.8. The zero-order valence-corrected chi connectivity index (χ0v) is 11.3. The average Bonchev–Trinajstić information content (AvgIpc) is 2.50. The lowest BCUT2D eigenvalue weighted by atomic mass is 10.1. The zero-order valence-electron chi connectivity index (χ0n) is 11.3. The quantitative estimate of drug-likeness (QED) is 0.845. The molecule has 1 radical (unpaired) electrons. The van der Waals surface area contributed by atoms with Crippen molar-refractivity contribution in [2.75, 3.05) is 4.90 Å². The second-order valence-electron chi connectivity index (χ2n) is 4.83. The van der Waals surface area contributed by atoms with E-state index < -0.39 is 17.6 Å². The molecule has 22 heavy (non-hydrogen) atoms. The molecule has 1 heterocycles. The Kier molecular flexibility index (Phi) is 3.52.